The largest absolute Gasteiger partial charge is 0.366 e. The first-order valence-electron chi connectivity index (χ1n) is 6.61. The highest BCUT2D eigenvalue weighted by molar-refractivity contribution is 7.80. The fourth-order valence-corrected chi connectivity index (χ4v) is 2.27. The standard InChI is InChI=1S/C15H21N3OS/c1-17(2)9-10-19-15(14-7-8-16-18(14)3)12-5-4-6-13(20)11-12/h4-8,11,15,20H,9-10H2,1-3H3. The van der Waals surface area contributed by atoms with E-state index in [0.29, 0.717) is 6.61 Å². The van der Waals surface area contributed by atoms with Crippen molar-refractivity contribution in [2.45, 2.75) is 11.0 Å². The number of benzene rings is 1. The molecule has 1 atom stereocenters. The molecule has 1 heterocycles. The van der Waals surface area contributed by atoms with E-state index in [1.54, 1.807) is 6.20 Å². The Balaban J connectivity index is 2.22. The van der Waals surface area contributed by atoms with Gasteiger partial charge in [0.05, 0.1) is 12.3 Å². The van der Waals surface area contributed by atoms with Crippen LogP contribution < -0.4 is 0 Å². The summed E-state index contributed by atoms with van der Waals surface area (Å²) in [6.07, 6.45) is 1.68. The van der Waals surface area contributed by atoms with Gasteiger partial charge in [-0.3, -0.25) is 4.68 Å². The molecule has 0 saturated heterocycles. The minimum atomic E-state index is -0.116. The minimum absolute atomic E-state index is 0.116. The highest BCUT2D eigenvalue weighted by atomic mass is 32.1. The number of ether oxygens (including phenoxy) is 1. The van der Waals surface area contributed by atoms with Crippen LogP contribution in [0, 0.1) is 0 Å². The number of hydrogen-bond acceptors (Lipinski definition) is 4. The minimum Gasteiger partial charge on any atom is -0.366 e. The lowest BCUT2D eigenvalue weighted by molar-refractivity contribution is 0.0637. The molecule has 0 N–H and O–H groups in total. The van der Waals surface area contributed by atoms with Crippen molar-refractivity contribution in [3.8, 4) is 0 Å². The van der Waals surface area contributed by atoms with E-state index in [4.69, 9.17) is 4.74 Å². The van der Waals surface area contributed by atoms with Gasteiger partial charge in [0.1, 0.15) is 6.10 Å². The molecule has 0 fully saturated rings. The summed E-state index contributed by atoms with van der Waals surface area (Å²) >= 11 is 4.41. The summed E-state index contributed by atoms with van der Waals surface area (Å²) in [5.41, 5.74) is 2.14. The van der Waals surface area contributed by atoms with E-state index < -0.39 is 0 Å². The molecule has 0 saturated carbocycles. The van der Waals surface area contributed by atoms with Crippen LogP contribution in [0.4, 0.5) is 0 Å². The van der Waals surface area contributed by atoms with E-state index in [0.717, 1.165) is 22.7 Å². The monoisotopic (exact) mass is 291 g/mol. The van der Waals surface area contributed by atoms with Gasteiger partial charge in [-0.15, -0.1) is 12.6 Å². The van der Waals surface area contributed by atoms with Gasteiger partial charge in [-0.1, -0.05) is 12.1 Å². The topological polar surface area (TPSA) is 30.3 Å². The van der Waals surface area contributed by atoms with Gasteiger partial charge in [0.25, 0.3) is 0 Å². The maximum atomic E-state index is 6.08. The molecule has 0 spiro atoms. The molecular weight excluding hydrogens is 270 g/mol. The Kier molecular flexibility index (Phi) is 5.23. The first-order chi connectivity index (χ1) is 9.58. The number of aromatic nitrogens is 2. The van der Waals surface area contributed by atoms with Gasteiger partial charge < -0.3 is 9.64 Å². The van der Waals surface area contributed by atoms with Crippen molar-refractivity contribution in [1.82, 2.24) is 14.7 Å². The van der Waals surface area contributed by atoms with Crippen LogP contribution in [0.2, 0.25) is 0 Å². The Morgan fingerprint density at radius 3 is 2.75 bits per heavy atom. The van der Waals surface area contributed by atoms with Crippen LogP contribution >= 0.6 is 12.6 Å². The third-order valence-corrected chi connectivity index (χ3v) is 3.40. The van der Waals surface area contributed by atoms with E-state index >= 15 is 0 Å². The zero-order chi connectivity index (χ0) is 14.5. The fraction of sp³-hybridized carbons (Fsp3) is 0.400. The molecular formula is C15H21N3OS. The molecule has 20 heavy (non-hydrogen) atoms. The second-order valence-corrected chi connectivity index (χ2v) is 5.55. The maximum Gasteiger partial charge on any atom is 0.124 e. The van der Waals surface area contributed by atoms with Gasteiger partial charge >= 0.3 is 0 Å². The summed E-state index contributed by atoms with van der Waals surface area (Å²) in [5, 5.41) is 4.24. The van der Waals surface area contributed by atoms with Crippen LogP contribution in [0.15, 0.2) is 41.4 Å². The molecule has 4 nitrogen and oxygen atoms in total. The summed E-state index contributed by atoms with van der Waals surface area (Å²) in [6, 6.07) is 10.1. The second-order valence-electron chi connectivity index (χ2n) is 5.03. The molecule has 0 amide bonds. The van der Waals surface area contributed by atoms with Gasteiger partial charge in [-0.2, -0.15) is 5.10 Å². The number of aryl methyl sites for hydroxylation is 1. The average molecular weight is 291 g/mol. The molecule has 2 aromatic rings. The Morgan fingerprint density at radius 2 is 2.15 bits per heavy atom. The first kappa shape index (κ1) is 15.1. The van der Waals surface area contributed by atoms with E-state index in [1.807, 2.05) is 50.1 Å². The molecule has 5 heteroatoms. The van der Waals surface area contributed by atoms with Crippen LogP contribution in [0.1, 0.15) is 17.4 Å². The van der Waals surface area contributed by atoms with Gasteiger partial charge in [0.2, 0.25) is 0 Å². The van der Waals surface area contributed by atoms with Gasteiger partial charge in [0, 0.05) is 24.7 Å². The molecule has 0 radical (unpaired) electrons. The van der Waals surface area contributed by atoms with Gasteiger partial charge in [-0.05, 0) is 37.9 Å². The molecule has 0 bridgehead atoms. The van der Waals surface area contributed by atoms with E-state index in [9.17, 15) is 0 Å². The van der Waals surface area contributed by atoms with Crippen molar-refractivity contribution in [2.75, 3.05) is 27.2 Å². The second kappa shape index (κ2) is 6.92. The summed E-state index contributed by atoms with van der Waals surface area (Å²) < 4.78 is 7.94. The zero-order valence-electron chi connectivity index (χ0n) is 12.2. The number of rotatable bonds is 6. The van der Waals surface area contributed by atoms with E-state index in [-0.39, 0.29) is 6.10 Å². The van der Waals surface area contributed by atoms with Crippen molar-refractivity contribution < 1.29 is 4.74 Å². The third-order valence-electron chi connectivity index (χ3n) is 3.12. The smallest absolute Gasteiger partial charge is 0.124 e. The third kappa shape index (κ3) is 3.85. The zero-order valence-corrected chi connectivity index (χ0v) is 13.0. The van der Waals surface area contributed by atoms with Crippen molar-refractivity contribution >= 4 is 12.6 Å². The Bertz CT molecular complexity index is 554. The van der Waals surface area contributed by atoms with Crippen LogP contribution in [-0.4, -0.2) is 41.9 Å². The lowest BCUT2D eigenvalue weighted by Gasteiger charge is -2.20. The Labute approximate surface area is 125 Å². The van der Waals surface area contributed by atoms with Crippen molar-refractivity contribution in [1.29, 1.82) is 0 Å². The van der Waals surface area contributed by atoms with Gasteiger partial charge in [0.15, 0.2) is 0 Å². The Morgan fingerprint density at radius 1 is 1.35 bits per heavy atom. The number of hydrogen-bond donors (Lipinski definition) is 1. The molecule has 1 unspecified atom stereocenters. The van der Waals surface area contributed by atoms with Gasteiger partial charge in [-0.25, -0.2) is 0 Å². The van der Waals surface area contributed by atoms with E-state index in [2.05, 4.69) is 28.7 Å². The predicted octanol–water partition coefficient (Wildman–Crippen LogP) is 2.38. The number of thiol groups is 1. The summed E-state index contributed by atoms with van der Waals surface area (Å²) in [5.74, 6) is 0. The first-order valence-corrected chi connectivity index (χ1v) is 7.06. The van der Waals surface area contributed by atoms with E-state index in [1.165, 1.54) is 0 Å². The highest BCUT2D eigenvalue weighted by Crippen LogP contribution is 2.26. The van der Waals surface area contributed by atoms with Crippen molar-refractivity contribution in [3.63, 3.8) is 0 Å². The maximum absolute atomic E-state index is 6.08. The molecule has 0 aliphatic rings. The predicted molar refractivity (Wildman–Crippen MR) is 83.3 cm³/mol. The normalized spacial score (nSPS) is 12.8. The van der Waals surface area contributed by atoms with Crippen LogP contribution in [-0.2, 0) is 11.8 Å². The lowest BCUT2D eigenvalue weighted by Crippen LogP contribution is -2.21. The number of nitrogens with zero attached hydrogens (tertiary/aromatic N) is 3. The SMILES string of the molecule is CN(C)CCOC(c1cccc(S)c1)c1ccnn1C. The average Bonchev–Trinajstić information content (AvgIpc) is 2.80. The Hall–Kier alpha value is -1.30. The van der Waals surface area contributed by atoms with Crippen LogP contribution in [0.5, 0.6) is 0 Å². The summed E-state index contributed by atoms with van der Waals surface area (Å²) in [6.45, 7) is 1.55. The molecule has 1 aromatic heterocycles. The van der Waals surface area contributed by atoms with Crippen LogP contribution in [0.25, 0.3) is 0 Å². The number of likely N-dealkylation sites (N-methyl/N-ethyl adjacent to an activating group) is 1. The molecule has 0 aliphatic heterocycles. The lowest BCUT2D eigenvalue weighted by atomic mass is 10.1. The van der Waals surface area contributed by atoms with Crippen LogP contribution in [0.3, 0.4) is 0 Å². The molecule has 2 rings (SSSR count). The molecule has 1 aromatic carbocycles. The quantitative estimate of drug-likeness (QED) is 0.829. The summed E-state index contributed by atoms with van der Waals surface area (Å²) in [7, 11) is 6.01. The highest BCUT2D eigenvalue weighted by Gasteiger charge is 2.18. The van der Waals surface area contributed by atoms with Crippen molar-refractivity contribution in [3.05, 3.63) is 47.8 Å². The molecule has 0 aliphatic carbocycles. The van der Waals surface area contributed by atoms with Crippen molar-refractivity contribution in [2.24, 2.45) is 7.05 Å². The fourth-order valence-electron chi connectivity index (χ4n) is 2.03. The molecule has 108 valence electrons. The summed E-state index contributed by atoms with van der Waals surface area (Å²) in [4.78, 5) is 3.04.